The van der Waals surface area contributed by atoms with E-state index in [0.29, 0.717) is 33.4 Å². The van der Waals surface area contributed by atoms with E-state index in [-0.39, 0.29) is 28.5 Å². The predicted molar refractivity (Wildman–Crippen MR) is 133 cm³/mol. The molecule has 1 aliphatic heterocycles. The molecule has 1 aliphatic rings. The van der Waals surface area contributed by atoms with Gasteiger partial charge >= 0.3 is 11.9 Å². The van der Waals surface area contributed by atoms with Crippen molar-refractivity contribution in [2.75, 3.05) is 13.7 Å². The number of carboxylic acid groups (broad SMARTS) is 1. The van der Waals surface area contributed by atoms with Crippen molar-refractivity contribution in [1.29, 1.82) is 0 Å². The Hall–Kier alpha value is -4.24. The normalized spacial score (nSPS) is 15.6. The van der Waals surface area contributed by atoms with E-state index in [0.717, 1.165) is 11.8 Å². The van der Waals surface area contributed by atoms with E-state index < -0.39 is 11.9 Å². The van der Waals surface area contributed by atoms with Gasteiger partial charge < -0.3 is 24.1 Å². The van der Waals surface area contributed by atoms with Crippen LogP contribution < -0.4 is 4.74 Å². The first-order chi connectivity index (χ1) is 16.9. The molecule has 0 amide bonds. The summed E-state index contributed by atoms with van der Waals surface area (Å²) in [5, 5.41) is 20.6. The number of aromatic carboxylic acids is 1. The van der Waals surface area contributed by atoms with Crippen molar-refractivity contribution < 1.29 is 33.7 Å². The van der Waals surface area contributed by atoms with Crippen LogP contribution in [0.1, 0.15) is 23.0 Å². The second-order valence-electron chi connectivity index (χ2n) is 7.22. The molecule has 4 rings (SSSR count). The summed E-state index contributed by atoms with van der Waals surface area (Å²) < 4.78 is 16.1. The highest BCUT2D eigenvalue weighted by Crippen LogP contribution is 2.41. The van der Waals surface area contributed by atoms with Gasteiger partial charge in [-0.05, 0) is 55.5 Å². The quantitative estimate of drug-likeness (QED) is 0.395. The van der Waals surface area contributed by atoms with Crippen LogP contribution in [0.2, 0.25) is 0 Å². The number of rotatable bonds is 7. The third-order valence-corrected chi connectivity index (χ3v) is 6.02. The van der Waals surface area contributed by atoms with E-state index in [1.165, 1.54) is 6.07 Å². The van der Waals surface area contributed by atoms with Gasteiger partial charge in [0.2, 0.25) is 0 Å². The lowest BCUT2D eigenvalue weighted by molar-refractivity contribution is -0.138. The maximum absolute atomic E-state index is 12.6. The second-order valence-corrected chi connectivity index (χ2v) is 8.25. The zero-order valence-electron chi connectivity index (χ0n) is 18.8. The van der Waals surface area contributed by atoms with Gasteiger partial charge in [0, 0.05) is 5.56 Å². The van der Waals surface area contributed by atoms with Crippen molar-refractivity contribution in [3.8, 4) is 17.1 Å². The Kier molecular flexibility index (Phi) is 7.07. The Balaban J connectivity index is 1.70. The topological polar surface area (TPSA) is 119 Å². The average Bonchev–Trinajstić information content (AvgIpc) is 3.44. The van der Waals surface area contributed by atoms with E-state index >= 15 is 0 Å². The molecule has 0 bridgehead atoms. The van der Waals surface area contributed by atoms with E-state index in [9.17, 15) is 19.8 Å². The maximum atomic E-state index is 12.6. The lowest BCUT2D eigenvalue weighted by Crippen LogP contribution is -2.12. The summed E-state index contributed by atoms with van der Waals surface area (Å²) in [5.74, 6) is -0.645. The van der Waals surface area contributed by atoms with Crippen LogP contribution in [-0.2, 0) is 9.53 Å². The number of thioether (sulfide) groups is 1. The number of benzene rings is 2. The molecule has 0 spiro atoms. The number of furan rings is 1. The minimum Gasteiger partial charge on any atom is -0.506 e. The summed E-state index contributed by atoms with van der Waals surface area (Å²) in [6.07, 6.45) is 1.56. The van der Waals surface area contributed by atoms with Gasteiger partial charge in [0.05, 0.1) is 29.9 Å². The number of hydrogen-bond donors (Lipinski definition) is 2. The molecule has 178 valence electrons. The number of ether oxygens (including phenoxy) is 2. The highest BCUT2D eigenvalue weighted by atomic mass is 32.2. The fraction of sp³-hybridized carbons (Fsp3) is 0.115. The largest absolute Gasteiger partial charge is 0.506 e. The first kappa shape index (κ1) is 23.9. The molecule has 1 aromatic heterocycles. The number of nitrogens with zero attached hydrogens (tertiary/aromatic N) is 1. The van der Waals surface area contributed by atoms with E-state index in [4.69, 9.17) is 13.9 Å². The summed E-state index contributed by atoms with van der Waals surface area (Å²) in [7, 11) is 1.56. The molecular formula is C26H21NO7S. The second kappa shape index (κ2) is 10.4. The first-order valence-electron chi connectivity index (χ1n) is 10.6. The molecule has 2 aromatic carbocycles. The lowest BCUT2D eigenvalue weighted by atomic mass is 10.1. The van der Waals surface area contributed by atoms with Crippen molar-refractivity contribution in [3.05, 3.63) is 88.2 Å². The monoisotopic (exact) mass is 491 g/mol. The van der Waals surface area contributed by atoms with Crippen molar-refractivity contribution in [3.63, 3.8) is 0 Å². The smallest absolute Gasteiger partial charge is 0.344 e. The number of carbonyl (C=O) groups is 2. The van der Waals surface area contributed by atoms with Gasteiger partial charge in [-0.25, -0.2) is 14.6 Å². The summed E-state index contributed by atoms with van der Waals surface area (Å²) >= 11 is 1.09. The number of methoxy groups -OCH3 is 1. The zero-order valence-corrected chi connectivity index (χ0v) is 19.7. The number of aliphatic hydroxyl groups excluding tert-OH is 1. The SMILES string of the molecule is CCOC(=O)C1=C(O)C(=Cc2ccc(-c3ccccc3C(=O)O)o2)SC1=Nc1ccc(OC)cc1. The minimum atomic E-state index is -1.07. The first-order valence-corrected chi connectivity index (χ1v) is 11.4. The molecule has 0 saturated heterocycles. The number of hydrogen-bond acceptors (Lipinski definition) is 8. The van der Waals surface area contributed by atoms with Gasteiger partial charge in [0.15, 0.2) is 0 Å². The predicted octanol–water partition coefficient (Wildman–Crippen LogP) is 5.85. The van der Waals surface area contributed by atoms with Gasteiger partial charge in [-0.1, -0.05) is 30.0 Å². The highest BCUT2D eigenvalue weighted by Gasteiger charge is 2.33. The Bertz CT molecular complexity index is 1370. The molecule has 0 fully saturated rings. The van der Waals surface area contributed by atoms with Crippen LogP contribution >= 0.6 is 11.8 Å². The van der Waals surface area contributed by atoms with Crippen molar-refractivity contribution >= 4 is 40.5 Å². The van der Waals surface area contributed by atoms with E-state index in [1.807, 2.05) is 0 Å². The van der Waals surface area contributed by atoms with Gasteiger partial charge in [-0.3, -0.25) is 0 Å². The number of aliphatic hydroxyl groups is 1. The standard InChI is InChI=1S/C26H21NO7S/c1-3-33-26(31)22-23(28)21(35-24(22)27-15-8-10-16(32-2)11-9-15)14-17-12-13-20(34-17)18-6-4-5-7-19(18)25(29)30/h4-14,28H,3H2,1-2H3,(H,29,30). The molecule has 0 atom stereocenters. The van der Waals surface area contributed by atoms with Crippen molar-refractivity contribution in [2.24, 2.45) is 4.99 Å². The van der Waals surface area contributed by atoms with Crippen LogP contribution in [0.15, 0.2) is 86.3 Å². The third-order valence-electron chi connectivity index (χ3n) is 5.00. The van der Waals surface area contributed by atoms with Gasteiger partial charge in [0.1, 0.15) is 33.6 Å². The van der Waals surface area contributed by atoms with Crippen molar-refractivity contribution in [2.45, 2.75) is 6.92 Å². The Morgan fingerprint density at radius 3 is 2.51 bits per heavy atom. The Morgan fingerprint density at radius 1 is 1.09 bits per heavy atom. The minimum absolute atomic E-state index is 0.0399. The fourth-order valence-corrected chi connectivity index (χ4v) is 4.37. The Morgan fingerprint density at radius 2 is 1.83 bits per heavy atom. The van der Waals surface area contributed by atoms with Crippen LogP contribution in [0.25, 0.3) is 17.4 Å². The van der Waals surface area contributed by atoms with Crippen LogP contribution in [0.4, 0.5) is 5.69 Å². The molecule has 0 radical (unpaired) electrons. The summed E-state index contributed by atoms with van der Waals surface area (Å²) in [5.41, 5.74) is 1.06. The van der Waals surface area contributed by atoms with Crippen LogP contribution in [0.3, 0.4) is 0 Å². The fourth-order valence-electron chi connectivity index (χ4n) is 3.35. The highest BCUT2D eigenvalue weighted by molar-refractivity contribution is 8.18. The van der Waals surface area contributed by atoms with Gasteiger partial charge in [-0.2, -0.15) is 0 Å². The number of esters is 1. The number of carbonyl (C=O) groups excluding carboxylic acids is 1. The summed E-state index contributed by atoms with van der Waals surface area (Å²) in [4.78, 5) is 29.0. The van der Waals surface area contributed by atoms with Crippen LogP contribution in [0, 0.1) is 0 Å². The molecule has 0 saturated carbocycles. The molecule has 0 aliphatic carbocycles. The lowest BCUT2D eigenvalue weighted by Gasteiger charge is -2.04. The van der Waals surface area contributed by atoms with Gasteiger partial charge in [0.25, 0.3) is 0 Å². The van der Waals surface area contributed by atoms with Crippen LogP contribution in [0.5, 0.6) is 5.75 Å². The van der Waals surface area contributed by atoms with Crippen molar-refractivity contribution in [1.82, 2.24) is 0 Å². The summed E-state index contributed by atoms with van der Waals surface area (Å²) in [6, 6.07) is 16.7. The average molecular weight is 492 g/mol. The molecule has 8 nitrogen and oxygen atoms in total. The number of aliphatic imine (C=N–C) groups is 1. The molecule has 2 heterocycles. The summed E-state index contributed by atoms with van der Waals surface area (Å²) in [6.45, 7) is 1.81. The number of carboxylic acids is 1. The molecule has 9 heteroatoms. The molecular weight excluding hydrogens is 470 g/mol. The molecule has 2 N–H and O–H groups in total. The maximum Gasteiger partial charge on any atom is 0.344 e. The van der Waals surface area contributed by atoms with E-state index in [1.54, 1.807) is 74.7 Å². The third kappa shape index (κ3) is 5.15. The Labute approximate surface area is 205 Å². The van der Waals surface area contributed by atoms with Gasteiger partial charge in [-0.15, -0.1) is 0 Å². The van der Waals surface area contributed by atoms with Crippen LogP contribution in [-0.4, -0.2) is 40.9 Å². The molecule has 3 aromatic rings. The zero-order chi connectivity index (χ0) is 24.9. The van der Waals surface area contributed by atoms with E-state index in [2.05, 4.69) is 4.99 Å². The molecule has 35 heavy (non-hydrogen) atoms. The molecule has 0 unspecified atom stereocenters.